The number of rotatable bonds is 5. The van der Waals surface area contributed by atoms with E-state index in [0.717, 1.165) is 24.2 Å². The molecular weight excluding hydrogens is 294 g/mol. The van der Waals surface area contributed by atoms with Crippen LogP contribution in [0.5, 0.6) is 5.75 Å². The van der Waals surface area contributed by atoms with Gasteiger partial charge in [-0.25, -0.2) is 0 Å². The molecule has 0 spiro atoms. The summed E-state index contributed by atoms with van der Waals surface area (Å²) in [5.74, 6) is 0.918. The van der Waals surface area contributed by atoms with Crippen LogP contribution in [0, 0.1) is 0 Å². The van der Waals surface area contributed by atoms with E-state index in [9.17, 15) is 4.79 Å². The molecule has 23 heavy (non-hydrogen) atoms. The fourth-order valence-corrected chi connectivity index (χ4v) is 3.67. The van der Waals surface area contributed by atoms with Crippen molar-refractivity contribution in [3.05, 3.63) is 29.8 Å². The molecule has 0 N–H and O–H groups in total. The third kappa shape index (κ3) is 3.51. The van der Waals surface area contributed by atoms with E-state index in [0.29, 0.717) is 26.2 Å². The van der Waals surface area contributed by atoms with E-state index in [1.807, 2.05) is 36.1 Å². The number of carbonyl (C=O) groups is 1. The first-order valence-corrected chi connectivity index (χ1v) is 8.38. The Morgan fingerprint density at radius 2 is 2.26 bits per heavy atom. The van der Waals surface area contributed by atoms with Gasteiger partial charge < -0.3 is 19.1 Å². The molecule has 5 nitrogen and oxygen atoms in total. The summed E-state index contributed by atoms with van der Waals surface area (Å²) < 4.78 is 17.0. The zero-order valence-electron chi connectivity index (χ0n) is 13.9. The van der Waals surface area contributed by atoms with Crippen molar-refractivity contribution in [2.75, 3.05) is 26.9 Å². The van der Waals surface area contributed by atoms with Crippen LogP contribution in [0.4, 0.5) is 0 Å². The van der Waals surface area contributed by atoms with Gasteiger partial charge in [-0.05, 0) is 37.5 Å². The second kappa shape index (κ2) is 7.32. The third-order valence-corrected chi connectivity index (χ3v) is 4.73. The quantitative estimate of drug-likeness (QED) is 0.833. The summed E-state index contributed by atoms with van der Waals surface area (Å²) in [5, 5.41) is 0. The maximum absolute atomic E-state index is 12.8. The molecule has 2 aliphatic rings. The predicted octanol–water partition coefficient (Wildman–Crippen LogP) is 2.03. The number of carbonyl (C=O) groups excluding carboxylic acids is 1. The smallest absolute Gasteiger partial charge is 0.227 e. The molecule has 1 heterocycles. The van der Waals surface area contributed by atoms with Crippen LogP contribution in [-0.4, -0.2) is 55.9 Å². The van der Waals surface area contributed by atoms with E-state index < -0.39 is 0 Å². The molecule has 1 aromatic rings. The van der Waals surface area contributed by atoms with Crippen LogP contribution in [0.3, 0.4) is 0 Å². The highest BCUT2D eigenvalue weighted by Gasteiger charge is 2.44. The van der Waals surface area contributed by atoms with Gasteiger partial charge in [0, 0.05) is 13.2 Å². The predicted molar refractivity (Wildman–Crippen MR) is 86.6 cm³/mol. The number of methoxy groups -OCH3 is 1. The van der Waals surface area contributed by atoms with Gasteiger partial charge in [0.15, 0.2) is 0 Å². The lowest BCUT2D eigenvalue weighted by molar-refractivity contribution is -0.135. The maximum atomic E-state index is 12.8. The molecule has 1 aliphatic heterocycles. The van der Waals surface area contributed by atoms with Gasteiger partial charge in [-0.15, -0.1) is 0 Å². The van der Waals surface area contributed by atoms with Gasteiger partial charge in [0.05, 0.1) is 32.3 Å². The van der Waals surface area contributed by atoms with Gasteiger partial charge in [0.1, 0.15) is 11.9 Å². The number of hydrogen-bond donors (Lipinski definition) is 0. The van der Waals surface area contributed by atoms with Gasteiger partial charge in [-0.1, -0.05) is 12.1 Å². The fraction of sp³-hybridized carbons (Fsp3) is 0.611. The van der Waals surface area contributed by atoms with Crippen LogP contribution in [0.2, 0.25) is 0 Å². The van der Waals surface area contributed by atoms with Crippen molar-refractivity contribution in [2.24, 2.45) is 0 Å². The monoisotopic (exact) mass is 319 g/mol. The highest BCUT2D eigenvalue weighted by atomic mass is 16.5. The van der Waals surface area contributed by atoms with Gasteiger partial charge in [-0.3, -0.25) is 4.79 Å². The van der Waals surface area contributed by atoms with E-state index in [-0.39, 0.29) is 24.2 Å². The van der Waals surface area contributed by atoms with Crippen molar-refractivity contribution in [3.8, 4) is 5.75 Å². The molecular formula is C18H25NO4. The van der Waals surface area contributed by atoms with Crippen molar-refractivity contribution < 1.29 is 19.0 Å². The Bertz CT molecular complexity index is 548. The lowest BCUT2D eigenvalue weighted by Crippen LogP contribution is -2.47. The summed E-state index contributed by atoms with van der Waals surface area (Å²) in [6, 6.07) is 7.83. The molecule has 126 valence electrons. The first-order chi connectivity index (χ1) is 11.2. The molecule has 1 saturated carbocycles. The molecule has 3 rings (SSSR count). The minimum absolute atomic E-state index is 0.0109. The van der Waals surface area contributed by atoms with E-state index >= 15 is 0 Å². The Balaban J connectivity index is 1.72. The summed E-state index contributed by atoms with van der Waals surface area (Å²) in [4.78, 5) is 14.8. The molecule has 3 atom stereocenters. The van der Waals surface area contributed by atoms with Crippen LogP contribution in [0.1, 0.15) is 25.3 Å². The zero-order chi connectivity index (χ0) is 16.2. The first-order valence-electron chi connectivity index (χ1n) is 8.38. The standard InChI is InChI=1S/C18H25NO4/c1-3-22-18-15-7-8-16(18)23-10-9-19(15)17(20)12-13-5-4-6-14(11-13)21-2/h4-6,11,15-16,18H,3,7-10,12H2,1-2H3/t15-,16-,18+/m1/s1. The van der Waals surface area contributed by atoms with Crippen LogP contribution in [0.15, 0.2) is 24.3 Å². The van der Waals surface area contributed by atoms with Crippen molar-refractivity contribution in [1.29, 1.82) is 0 Å². The highest BCUT2D eigenvalue weighted by molar-refractivity contribution is 5.79. The number of nitrogens with zero attached hydrogens (tertiary/aromatic N) is 1. The Morgan fingerprint density at radius 3 is 3.04 bits per heavy atom. The minimum atomic E-state index is 0.0109. The van der Waals surface area contributed by atoms with E-state index in [1.54, 1.807) is 7.11 Å². The second-order valence-electron chi connectivity index (χ2n) is 6.09. The number of benzene rings is 1. The van der Waals surface area contributed by atoms with Crippen molar-refractivity contribution >= 4 is 5.91 Å². The largest absolute Gasteiger partial charge is 0.497 e. The van der Waals surface area contributed by atoms with Crippen LogP contribution in [-0.2, 0) is 20.7 Å². The fourth-order valence-electron chi connectivity index (χ4n) is 3.67. The molecule has 1 aromatic carbocycles. The molecule has 0 aromatic heterocycles. The Kier molecular flexibility index (Phi) is 5.18. The number of ether oxygens (including phenoxy) is 3. The van der Waals surface area contributed by atoms with Crippen molar-refractivity contribution in [2.45, 2.75) is 44.4 Å². The lowest BCUT2D eigenvalue weighted by Gasteiger charge is -2.31. The molecule has 1 amide bonds. The van der Waals surface area contributed by atoms with Gasteiger partial charge in [0.25, 0.3) is 0 Å². The Hall–Kier alpha value is -1.59. The summed E-state index contributed by atoms with van der Waals surface area (Å²) in [7, 11) is 1.64. The maximum Gasteiger partial charge on any atom is 0.227 e. The molecule has 2 fully saturated rings. The van der Waals surface area contributed by atoms with Crippen molar-refractivity contribution in [1.82, 2.24) is 4.90 Å². The minimum Gasteiger partial charge on any atom is -0.497 e. The molecule has 1 saturated heterocycles. The summed E-state index contributed by atoms with van der Waals surface area (Å²) in [6.07, 6.45) is 2.46. The van der Waals surface area contributed by atoms with Crippen LogP contribution < -0.4 is 4.74 Å². The topological polar surface area (TPSA) is 48.0 Å². The summed E-state index contributed by atoms with van der Waals surface area (Å²) in [6.45, 7) is 3.88. The number of fused-ring (bicyclic) bond motifs is 2. The summed E-state index contributed by atoms with van der Waals surface area (Å²) >= 11 is 0. The Morgan fingerprint density at radius 1 is 1.39 bits per heavy atom. The Labute approximate surface area is 137 Å². The lowest BCUT2D eigenvalue weighted by atomic mass is 10.1. The average Bonchev–Trinajstić information content (AvgIpc) is 2.83. The second-order valence-corrected chi connectivity index (χ2v) is 6.09. The average molecular weight is 319 g/mol. The van der Waals surface area contributed by atoms with Crippen LogP contribution >= 0.6 is 0 Å². The van der Waals surface area contributed by atoms with Gasteiger partial charge in [-0.2, -0.15) is 0 Å². The molecule has 1 aliphatic carbocycles. The molecule has 2 bridgehead atoms. The number of hydrogen-bond acceptors (Lipinski definition) is 4. The highest BCUT2D eigenvalue weighted by Crippen LogP contribution is 2.32. The van der Waals surface area contributed by atoms with E-state index in [2.05, 4.69) is 0 Å². The van der Waals surface area contributed by atoms with Crippen LogP contribution in [0.25, 0.3) is 0 Å². The number of amides is 1. The van der Waals surface area contributed by atoms with Crippen molar-refractivity contribution in [3.63, 3.8) is 0 Å². The van der Waals surface area contributed by atoms with Gasteiger partial charge >= 0.3 is 0 Å². The van der Waals surface area contributed by atoms with E-state index in [4.69, 9.17) is 14.2 Å². The third-order valence-electron chi connectivity index (χ3n) is 4.73. The normalized spacial score (nSPS) is 26.9. The molecule has 5 heteroatoms. The van der Waals surface area contributed by atoms with E-state index in [1.165, 1.54) is 0 Å². The zero-order valence-corrected chi connectivity index (χ0v) is 13.9. The SMILES string of the molecule is CCO[C@H]1[C@H]2CC[C@H]1OCCN2C(=O)Cc1cccc(OC)c1. The molecule has 0 radical (unpaired) electrons. The molecule has 0 unspecified atom stereocenters. The summed E-state index contributed by atoms with van der Waals surface area (Å²) in [5.41, 5.74) is 0.974. The van der Waals surface area contributed by atoms with Gasteiger partial charge in [0.2, 0.25) is 5.91 Å². The first kappa shape index (κ1) is 16.3.